The predicted octanol–water partition coefficient (Wildman–Crippen LogP) is 0.984. The van der Waals surface area contributed by atoms with Crippen LogP contribution in [0.3, 0.4) is 0 Å². The van der Waals surface area contributed by atoms with Crippen LogP contribution in [-0.2, 0) is 16.2 Å². The lowest BCUT2D eigenvalue weighted by atomic mass is 9.97. The van der Waals surface area contributed by atoms with Gasteiger partial charge in [0.05, 0.1) is 19.0 Å². The van der Waals surface area contributed by atoms with Gasteiger partial charge in [0.25, 0.3) is 5.91 Å². The molecule has 2 atom stereocenters. The number of carbonyl (C=O) groups is 2. The van der Waals surface area contributed by atoms with E-state index >= 15 is 0 Å². The smallest absolute Gasteiger partial charge is 0.279 e. The van der Waals surface area contributed by atoms with E-state index < -0.39 is 0 Å². The summed E-state index contributed by atoms with van der Waals surface area (Å²) < 4.78 is 5.75. The van der Waals surface area contributed by atoms with Crippen molar-refractivity contribution in [1.29, 1.82) is 0 Å². The van der Waals surface area contributed by atoms with Gasteiger partial charge in [-0.3, -0.25) is 9.59 Å². The second-order valence-corrected chi connectivity index (χ2v) is 6.97. The van der Waals surface area contributed by atoms with E-state index in [1.807, 2.05) is 54.6 Å². The van der Waals surface area contributed by atoms with Gasteiger partial charge >= 0.3 is 0 Å². The number of piperidine rings is 1. The highest BCUT2D eigenvalue weighted by molar-refractivity contribution is 5.91. The number of quaternary nitrogens is 1. The molecule has 0 aromatic heterocycles. The second-order valence-electron chi connectivity index (χ2n) is 6.97. The number of hydrogen-bond acceptors (Lipinski definition) is 3. The number of carbonyl (C=O) groups excluding carboxylic acids is 2. The van der Waals surface area contributed by atoms with E-state index in [1.165, 1.54) is 0 Å². The van der Waals surface area contributed by atoms with Crippen LogP contribution in [0.2, 0.25) is 0 Å². The number of nitrogens with one attached hydrogen (secondary N) is 2. The van der Waals surface area contributed by atoms with Crippen LogP contribution in [0.15, 0.2) is 54.6 Å². The Bertz CT molecular complexity index is 762. The third-order valence-electron chi connectivity index (χ3n) is 4.82. The highest BCUT2D eigenvalue weighted by Crippen LogP contribution is 2.17. The van der Waals surface area contributed by atoms with Crippen molar-refractivity contribution in [1.82, 2.24) is 0 Å². The van der Waals surface area contributed by atoms with Crippen LogP contribution in [0.25, 0.3) is 0 Å². The molecule has 0 aliphatic carbocycles. The molecule has 1 heterocycles. The first-order chi connectivity index (χ1) is 13.1. The lowest BCUT2D eigenvalue weighted by Gasteiger charge is -2.27. The Morgan fingerprint density at radius 1 is 1.11 bits per heavy atom. The quantitative estimate of drug-likeness (QED) is 0.681. The summed E-state index contributed by atoms with van der Waals surface area (Å²) in [6.45, 7) is 2.38. The minimum atomic E-state index is -0.265. The Morgan fingerprint density at radius 2 is 1.85 bits per heavy atom. The second kappa shape index (κ2) is 9.19. The maximum absolute atomic E-state index is 12.3. The van der Waals surface area contributed by atoms with Crippen molar-refractivity contribution in [3.05, 3.63) is 60.2 Å². The molecule has 0 radical (unpaired) electrons. The van der Waals surface area contributed by atoms with Crippen LogP contribution in [-0.4, -0.2) is 31.4 Å². The number of nitrogens with two attached hydrogens (primary N) is 1. The number of amides is 2. The van der Waals surface area contributed by atoms with Gasteiger partial charge in [0.1, 0.15) is 12.4 Å². The maximum atomic E-state index is 12.3. The number of rotatable bonds is 7. The molecule has 1 aliphatic rings. The summed E-state index contributed by atoms with van der Waals surface area (Å²) in [6.07, 6.45) is 1.74. The number of anilines is 1. The number of likely N-dealkylation sites (tertiary alicyclic amines) is 1. The van der Waals surface area contributed by atoms with Gasteiger partial charge < -0.3 is 20.7 Å². The van der Waals surface area contributed by atoms with Crippen molar-refractivity contribution in [2.24, 2.45) is 11.7 Å². The molecule has 1 fully saturated rings. The number of hydrogen-bond donors (Lipinski definition) is 3. The first-order valence-corrected chi connectivity index (χ1v) is 9.29. The fraction of sp³-hybridized carbons (Fsp3) is 0.333. The summed E-state index contributed by atoms with van der Waals surface area (Å²) >= 11 is 0. The van der Waals surface area contributed by atoms with E-state index in [2.05, 4.69) is 5.32 Å². The van der Waals surface area contributed by atoms with Crippen LogP contribution in [0, 0.1) is 5.92 Å². The molecule has 1 saturated heterocycles. The summed E-state index contributed by atoms with van der Waals surface area (Å²) in [6, 6.07) is 17.3. The van der Waals surface area contributed by atoms with E-state index in [-0.39, 0.29) is 17.7 Å². The predicted molar refractivity (Wildman–Crippen MR) is 103 cm³/mol. The van der Waals surface area contributed by atoms with Crippen molar-refractivity contribution in [2.75, 3.05) is 25.0 Å². The zero-order chi connectivity index (χ0) is 19.1. The van der Waals surface area contributed by atoms with Crippen LogP contribution >= 0.6 is 0 Å². The van der Waals surface area contributed by atoms with E-state index in [4.69, 9.17) is 10.5 Å². The third kappa shape index (κ3) is 5.82. The van der Waals surface area contributed by atoms with Gasteiger partial charge in [0.15, 0.2) is 6.54 Å². The first kappa shape index (κ1) is 18.9. The standard InChI is InChI=1S/C21H25N3O3/c22-21(26)17-7-4-12-24(13-17)14-20(25)23-18-8-10-19(11-9-18)27-15-16-5-2-1-3-6-16/h1-3,5-6,8-11,17H,4,7,12-15H2,(H2,22,26)(H,23,25)/p+1/t17-/m1/s1. The molecule has 1 unspecified atom stereocenters. The molecule has 4 N–H and O–H groups in total. The van der Waals surface area contributed by atoms with Crippen molar-refractivity contribution < 1.29 is 19.2 Å². The van der Waals surface area contributed by atoms with Gasteiger partial charge in [-0.2, -0.15) is 0 Å². The lowest BCUT2D eigenvalue weighted by molar-refractivity contribution is -0.899. The molecule has 0 spiro atoms. The molecular formula is C21H26N3O3+. The topological polar surface area (TPSA) is 85.9 Å². The van der Waals surface area contributed by atoms with Gasteiger partial charge in [-0.1, -0.05) is 30.3 Å². The highest BCUT2D eigenvalue weighted by Gasteiger charge is 2.28. The summed E-state index contributed by atoms with van der Waals surface area (Å²) in [4.78, 5) is 24.7. The first-order valence-electron chi connectivity index (χ1n) is 9.29. The van der Waals surface area contributed by atoms with Crippen molar-refractivity contribution in [2.45, 2.75) is 19.4 Å². The van der Waals surface area contributed by atoms with Crippen LogP contribution < -0.4 is 20.7 Å². The molecule has 2 amide bonds. The molecule has 1 aliphatic heterocycles. The fourth-order valence-corrected chi connectivity index (χ4v) is 3.36. The third-order valence-corrected chi connectivity index (χ3v) is 4.82. The van der Waals surface area contributed by atoms with E-state index in [0.717, 1.165) is 41.3 Å². The van der Waals surface area contributed by atoms with Gasteiger partial charge in [-0.25, -0.2) is 0 Å². The minimum absolute atomic E-state index is 0.0620. The zero-order valence-corrected chi connectivity index (χ0v) is 15.3. The average molecular weight is 368 g/mol. The summed E-state index contributed by atoms with van der Waals surface area (Å²) in [5.41, 5.74) is 7.23. The minimum Gasteiger partial charge on any atom is -0.489 e. The Hall–Kier alpha value is -2.86. The normalized spacial score (nSPS) is 19.3. The molecule has 142 valence electrons. The van der Waals surface area contributed by atoms with Crippen molar-refractivity contribution >= 4 is 17.5 Å². The van der Waals surface area contributed by atoms with Crippen molar-refractivity contribution in [3.63, 3.8) is 0 Å². The molecule has 0 saturated carbocycles. The number of benzene rings is 2. The Labute approximate surface area is 159 Å². The van der Waals surface area contributed by atoms with Gasteiger partial charge in [-0.05, 0) is 42.7 Å². The zero-order valence-electron chi connectivity index (χ0n) is 15.3. The van der Waals surface area contributed by atoms with E-state index in [1.54, 1.807) is 0 Å². The van der Waals surface area contributed by atoms with Gasteiger partial charge in [0.2, 0.25) is 5.91 Å². The molecule has 2 aromatic carbocycles. The summed E-state index contributed by atoms with van der Waals surface area (Å²) in [7, 11) is 0. The lowest BCUT2D eigenvalue weighted by Crippen LogP contribution is -3.14. The molecular weight excluding hydrogens is 342 g/mol. The van der Waals surface area contributed by atoms with Crippen molar-refractivity contribution in [3.8, 4) is 5.75 Å². The molecule has 0 bridgehead atoms. The molecule has 6 nitrogen and oxygen atoms in total. The summed E-state index contributed by atoms with van der Waals surface area (Å²) in [5.74, 6) is 0.303. The Morgan fingerprint density at radius 3 is 2.56 bits per heavy atom. The monoisotopic (exact) mass is 368 g/mol. The number of primary amides is 1. The van der Waals surface area contributed by atoms with Crippen LogP contribution in [0.4, 0.5) is 5.69 Å². The SMILES string of the molecule is NC(=O)[C@@H]1CCC[NH+](CC(=O)Nc2ccc(OCc3ccccc3)cc2)C1. The maximum Gasteiger partial charge on any atom is 0.279 e. The fourth-order valence-electron chi connectivity index (χ4n) is 3.36. The van der Waals surface area contributed by atoms with E-state index in [0.29, 0.717) is 19.7 Å². The van der Waals surface area contributed by atoms with E-state index in [9.17, 15) is 9.59 Å². The molecule has 27 heavy (non-hydrogen) atoms. The average Bonchev–Trinajstić information content (AvgIpc) is 2.68. The van der Waals surface area contributed by atoms with Gasteiger partial charge in [0, 0.05) is 5.69 Å². The molecule has 6 heteroatoms. The molecule has 3 rings (SSSR count). The largest absolute Gasteiger partial charge is 0.489 e. The van der Waals surface area contributed by atoms with Crippen LogP contribution in [0.5, 0.6) is 5.75 Å². The summed E-state index contributed by atoms with van der Waals surface area (Å²) in [5, 5.41) is 2.90. The van der Waals surface area contributed by atoms with Crippen LogP contribution in [0.1, 0.15) is 18.4 Å². The number of ether oxygens (including phenoxy) is 1. The van der Waals surface area contributed by atoms with Gasteiger partial charge in [-0.15, -0.1) is 0 Å². The molecule has 2 aromatic rings. The highest BCUT2D eigenvalue weighted by atomic mass is 16.5. The Balaban J connectivity index is 1.46. The Kier molecular flexibility index (Phi) is 6.44.